The lowest BCUT2D eigenvalue weighted by Crippen LogP contribution is -2.14. The van der Waals surface area contributed by atoms with Crippen LogP contribution in [0.2, 0.25) is 0 Å². The highest BCUT2D eigenvalue weighted by atomic mass is 16.5. The number of aromatic nitrogens is 3. The number of terminal acetylenes is 1. The summed E-state index contributed by atoms with van der Waals surface area (Å²) < 4.78 is 4.74. The molecule has 0 bridgehead atoms. The zero-order valence-electron chi connectivity index (χ0n) is 6.44. The minimum Gasteiger partial charge on any atom is -0.444 e. The van der Waals surface area contributed by atoms with Crippen molar-refractivity contribution < 1.29 is 9.53 Å². The van der Waals surface area contributed by atoms with Crippen LogP contribution >= 0.6 is 0 Å². The summed E-state index contributed by atoms with van der Waals surface area (Å²) in [5, 5.41) is 5.85. The lowest BCUT2D eigenvalue weighted by Gasteiger charge is -2.03. The van der Waals surface area contributed by atoms with Gasteiger partial charge in [-0.05, 0) is 6.92 Å². The summed E-state index contributed by atoms with van der Waals surface area (Å²) in [5.74, 6) is 1.71. The van der Waals surface area contributed by atoms with Crippen molar-refractivity contribution in [3.05, 3.63) is 12.2 Å². The average Bonchev–Trinajstić information content (AvgIpc) is 2.56. The average molecular weight is 165 g/mol. The van der Waals surface area contributed by atoms with Crippen LogP contribution in [0.3, 0.4) is 0 Å². The Morgan fingerprint density at radius 1 is 1.92 bits per heavy atom. The van der Waals surface area contributed by atoms with Crippen LogP contribution < -0.4 is 0 Å². The molecule has 0 amide bonds. The summed E-state index contributed by atoms with van der Waals surface area (Å²) in [6, 6.07) is 0. The van der Waals surface area contributed by atoms with E-state index in [1.807, 2.05) is 0 Å². The minimum absolute atomic E-state index is 0.0529. The second-order valence-electron chi connectivity index (χ2n) is 2.05. The molecule has 1 N–H and O–H groups in total. The highest BCUT2D eigenvalue weighted by Crippen LogP contribution is 1.95. The lowest BCUT2D eigenvalue weighted by atomic mass is 10.4. The maximum Gasteiger partial charge on any atom is 0.377 e. The van der Waals surface area contributed by atoms with Crippen molar-refractivity contribution in [2.45, 2.75) is 13.0 Å². The third-order valence-electron chi connectivity index (χ3n) is 1.13. The topological polar surface area (TPSA) is 67.9 Å². The van der Waals surface area contributed by atoms with Crippen LogP contribution in [0.25, 0.3) is 0 Å². The first-order chi connectivity index (χ1) is 5.74. The van der Waals surface area contributed by atoms with Crippen LogP contribution in [0.4, 0.5) is 0 Å². The largest absolute Gasteiger partial charge is 0.444 e. The van der Waals surface area contributed by atoms with Gasteiger partial charge in [0.25, 0.3) is 0 Å². The summed E-state index contributed by atoms with van der Waals surface area (Å²) in [5.41, 5.74) is 0. The Labute approximate surface area is 69.1 Å². The van der Waals surface area contributed by atoms with E-state index >= 15 is 0 Å². The quantitative estimate of drug-likeness (QED) is 0.494. The number of nitrogens with zero attached hydrogens (tertiary/aromatic N) is 2. The molecule has 0 aliphatic carbocycles. The fourth-order valence-corrected chi connectivity index (χ4v) is 0.554. The number of carbonyl (C=O) groups excluding carboxylic acids is 1. The summed E-state index contributed by atoms with van der Waals surface area (Å²) in [6.45, 7) is 1.59. The van der Waals surface area contributed by atoms with Crippen molar-refractivity contribution in [3.63, 3.8) is 0 Å². The number of aromatic amines is 1. The molecule has 0 radical (unpaired) electrons. The number of esters is 1. The van der Waals surface area contributed by atoms with E-state index in [1.54, 1.807) is 6.92 Å². The van der Waals surface area contributed by atoms with Crippen LogP contribution in [-0.4, -0.2) is 27.3 Å². The van der Waals surface area contributed by atoms with Gasteiger partial charge in [0.05, 0.1) is 0 Å². The molecule has 5 nitrogen and oxygen atoms in total. The molecule has 12 heavy (non-hydrogen) atoms. The van der Waals surface area contributed by atoms with Crippen LogP contribution in [-0.2, 0) is 4.74 Å². The highest BCUT2D eigenvalue weighted by molar-refractivity contribution is 5.85. The molecule has 5 heteroatoms. The smallest absolute Gasteiger partial charge is 0.377 e. The molecule has 1 aromatic heterocycles. The van der Waals surface area contributed by atoms with Gasteiger partial charge in [0, 0.05) is 0 Å². The summed E-state index contributed by atoms with van der Waals surface area (Å²) in [4.78, 5) is 14.6. The van der Waals surface area contributed by atoms with Gasteiger partial charge >= 0.3 is 5.97 Å². The highest BCUT2D eigenvalue weighted by Gasteiger charge is 2.12. The lowest BCUT2D eigenvalue weighted by molar-refractivity contribution is 0.0425. The predicted octanol–water partition coefficient (Wildman–Crippen LogP) is -0.0168. The number of rotatable bonds is 2. The van der Waals surface area contributed by atoms with Gasteiger partial charge in [-0.1, -0.05) is 5.92 Å². The normalized spacial score (nSPS) is 11.7. The second kappa shape index (κ2) is 3.53. The van der Waals surface area contributed by atoms with Gasteiger partial charge in [-0.15, -0.1) is 6.42 Å². The minimum atomic E-state index is -0.599. The van der Waals surface area contributed by atoms with Gasteiger partial charge in [-0.3, -0.25) is 5.10 Å². The van der Waals surface area contributed by atoms with Crippen LogP contribution in [0.1, 0.15) is 17.5 Å². The Morgan fingerprint density at radius 3 is 3.17 bits per heavy atom. The molecule has 0 saturated carbocycles. The fourth-order valence-electron chi connectivity index (χ4n) is 0.554. The molecule has 1 heterocycles. The fraction of sp³-hybridized carbons (Fsp3) is 0.286. The van der Waals surface area contributed by atoms with Crippen LogP contribution in [0.15, 0.2) is 6.33 Å². The van der Waals surface area contributed by atoms with E-state index in [9.17, 15) is 4.79 Å². The molecule has 1 aromatic rings. The first-order valence-corrected chi connectivity index (χ1v) is 3.26. The molecule has 0 aliphatic heterocycles. The van der Waals surface area contributed by atoms with E-state index in [4.69, 9.17) is 11.2 Å². The predicted molar refractivity (Wildman–Crippen MR) is 40.1 cm³/mol. The van der Waals surface area contributed by atoms with Crippen molar-refractivity contribution in [2.75, 3.05) is 0 Å². The third-order valence-corrected chi connectivity index (χ3v) is 1.13. The van der Waals surface area contributed by atoms with Crippen molar-refractivity contribution in [1.82, 2.24) is 15.2 Å². The summed E-state index contributed by atoms with van der Waals surface area (Å²) >= 11 is 0. The van der Waals surface area contributed by atoms with E-state index < -0.39 is 12.1 Å². The summed E-state index contributed by atoms with van der Waals surface area (Å²) in [7, 11) is 0. The molecule has 1 unspecified atom stereocenters. The number of carbonyl (C=O) groups is 1. The molecule has 0 saturated heterocycles. The van der Waals surface area contributed by atoms with Crippen molar-refractivity contribution in [1.29, 1.82) is 0 Å². The third kappa shape index (κ3) is 1.83. The zero-order valence-corrected chi connectivity index (χ0v) is 6.44. The summed E-state index contributed by atoms with van der Waals surface area (Å²) in [6.07, 6.45) is 5.67. The van der Waals surface area contributed by atoms with E-state index in [-0.39, 0.29) is 5.82 Å². The Bertz CT molecular complexity index is 299. The number of hydrogen-bond donors (Lipinski definition) is 1. The van der Waals surface area contributed by atoms with Gasteiger partial charge in [-0.2, -0.15) is 5.10 Å². The monoisotopic (exact) mass is 165 g/mol. The van der Waals surface area contributed by atoms with Crippen molar-refractivity contribution in [3.8, 4) is 12.3 Å². The van der Waals surface area contributed by atoms with E-state index in [0.29, 0.717) is 0 Å². The molecular weight excluding hydrogens is 158 g/mol. The van der Waals surface area contributed by atoms with Crippen LogP contribution in [0, 0.1) is 12.3 Å². The number of H-pyrrole nitrogens is 1. The van der Waals surface area contributed by atoms with Gasteiger partial charge in [0.1, 0.15) is 6.33 Å². The standard InChI is InChI=1S/C7H7N3O2/c1-3-5(2)12-7(11)6-8-4-9-10-6/h1,4-5H,2H3,(H,8,9,10). The molecular formula is C7H7N3O2. The first-order valence-electron chi connectivity index (χ1n) is 3.26. The molecule has 0 fully saturated rings. The number of nitrogens with one attached hydrogen (secondary N) is 1. The molecule has 0 spiro atoms. The molecule has 0 aliphatic rings. The Hall–Kier alpha value is -1.83. The van der Waals surface area contributed by atoms with E-state index in [0.717, 1.165) is 0 Å². The van der Waals surface area contributed by atoms with Gasteiger partial charge in [0.2, 0.25) is 5.82 Å². The molecule has 62 valence electrons. The van der Waals surface area contributed by atoms with Gasteiger partial charge < -0.3 is 4.74 Å². The Kier molecular flexibility index (Phi) is 2.43. The van der Waals surface area contributed by atoms with Crippen LogP contribution in [0.5, 0.6) is 0 Å². The second-order valence-corrected chi connectivity index (χ2v) is 2.05. The molecule has 0 aromatic carbocycles. The Morgan fingerprint density at radius 2 is 2.67 bits per heavy atom. The maximum atomic E-state index is 11.0. The van der Waals surface area contributed by atoms with Gasteiger partial charge in [-0.25, -0.2) is 9.78 Å². The van der Waals surface area contributed by atoms with Crippen molar-refractivity contribution >= 4 is 5.97 Å². The number of ether oxygens (including phenoxy) is 1. The first kappa shape index (κ1) is 8.27. The van der Waals surface area contributed by atoms with E-state index in [2.05, 4.69) is 21.1 Å². The van der Waals surface area contributed by atoms with Gasteiger partial charge in [0.15, 0.2) is 6.10 Å². The Balaban J connectivity index is 2.57. The molecule has 1 rings (SSSR count). The van der Waals surface area contributed by atoms with E-state index in [1.165, 1.54) is 6.33 Å². The SMILES string of the molecule is C#CC(C)OC(=O)c1ncn[nH]1. The zero-order chi connectivity index (χ0) is 8.97. The maximum absolute atomic E-state index is 11.0. The molecule has 1 atom stereocenters. The number of hydrogen-bond acceptors (Lipinski definition) is 4. The van der Waals surface area contributed by atoms with Crippen molar-refractivity contribution in [2.24, 2.45) is 0 Å².